The molecule has 1 unspecified atom stereocenters. The number of aryl methyl sites for hydroxylation is 1. The molecule has 1 aliphatic heterocycles. The predicted molar refractivity (Wildman–Crippen MR) is 103 cm³/mol. The molecular weight excluding hydrogens is 424 g/mol. The summed E-state index contributed by atoms with van der Waals surface area (Å²) >= 11 is 0. The maximum Gasteiger partial charge on any atom is 0.414 e. The van der Waals surface area contributed by atoms with E-state index in [9.17, 15) is 4.79 Å². The topological polar surface area (TPSA) is 51.9 Å². The second kappa shape index (κ2) is 12.4. The van der Waals surface area contributed by atoms with Crippen LogP contribution in [0, 0.1) is 6.92 Å². The molecule has 1 aliphatic rings. The number of carbonyl (C=O) groups excluding carboxylic acids is 1. The normalized spacial score (nSPS) is 16.0. The molecule has 1 aromatic heterocycles. The van der Waals surface area contributed by atoms with Gasteiger partial charge in [0.1, 0.15) is 7.05 Å². The van der Waals surface area contributed by atoms with Gasteiger partial charge in [-0.15, -0.1) is 0 Å². The Labute approximate surface area is 179 Å². The molecule has 1 amide bonds. The number of hydrogen-bond donors (Lipinski definition) is 0. The van der Waals surface area contributed by atoms with Gasteiger partial charge in [0.05, 0.1) is 18.8 Å². The number of unbranched alkanes of at least 4 members (excludes halogenated alkanes) is 5. The Kier molecular flexibility index (Phi) is 11.0. The third-order valence-corrected chi connectivity index (χ3v) is 5.06. The van der Waals surface area contributed by atoms with Gasteiger partial charge in [0.15, 0.2) is 12.5 Å². The van der Waals surface area contributed by atoms with E-state index in [0.717, 1.165) is 29.7 Å². The van der Waals surface area contributed by atoms with Crippen LogP contribution in [-0.2, 0) is 29.7 Å². The summed E-state index contributed by atoms with van der Waals surface area (Å²) < 4.78 is 19.6. The molecule has 0 radical (unpaired) electrons. The zero-order chi connectivity index (χ0) is 19.8. The highest BCUT2D eigenvalue weighted by molar-refractivity contribution is 5.70. The van der Waals surface area contributed by atoms with Gasteiger partial charge in [-0.3, -0.25) is 0 Å². The van der Waals surface area contributed by atoms with E-state index >= 15 is 0 Å². The second-order valence-corrected chi connectivity index (χ2v) is 7.53. The minimum absolute atomic E-state index is 0. The summed E-state index contributed by atoms with van der Waals surface area (Å²) in [6.07, 6.45) is 9.85. The Morgan fingerprint density at radius 2 is 1.82 bits per heavy atom. The fraction of sp³-hybridized carbons (Fsp3) is 0.714. The summed E-state index contributed by atoms with van der Waals surface area (Å²) in [5, 5.41) is 0. The van der Waals surface area contributed by atoms with E-state index in [4.69, 9.17) is 14.2 Å². The van der Waals surface area contributed by atoms with Crippen molar-refractivity contribution in [1.82, 2.24) is 4.90 Å². The largest absolute Gasteiger partial charge is 1.00 e. The molecular formula is C21H35BrN2O4. The highest BCUT2D eigenvalue weighted by Gasteiger charge is 2.27. The average Bonchev–Trinajstić information content (AvgIpc) is 2.84. The molecule has 1 atom stereocenters. The van der Waals surface area contributed by atoms with Gasteiger partial charge in [-0.1, -0.05) is 39.0 Å². The van der Waals surface area contributed by atoms with Crippen LogP contribution in [0.15, 0.2) is 6.20 Å². The fourth-order valence-corrected chi connectivity index (χ4v) is 3.19. The Balaban J connectivity index is 0.00000392. The standard InChI is InChI=1S/C21H35N2O4.BrH/c1-6-7-8-9-10-11-12-19-25-14-17-13-23(5)16(2)20(18(17)15-26-19)27-21(24)22(3)4;/h13,19H,6-12,14-15H2,1-5H3;1H/q+1;/p-1. The molecule has 2 rings (SSSR count). The molecule has 1 aromatic rings. The van der Waals surface area contributed by atoms with Crippen molar-refractivity contribution < 1.29 is 40.6 Å². The molecule has 28 heavy (non-hydrogen) atoms. The van der Waals surface area contributed by atoms with Crippen LogP contribution in [0.2, 0.25) is 0 Å². The van der Waals surface area contributed by atoms with Gasteiger partial charge >= 0.3 is 6.09 Å². The number of rotatable bonds is 8. The van der Waals surface area contributed by atoms with Crippen molar-refractivity contribution in [2.75, 3.05) is 14.1 Å². The second-order valence-electron chi connectivity index (χ2n) is 7.53. The smallest absolute Gasteiger partial charge is 0.414 e. The van der Waals surface area contributed by atoms with Gasteiger partial charge in [-0.05, 0) is 12.8 Å². The van der Waals surface area contributed by atoms with E-state index < -0.39 is 0 Å². The number of nitrogens with zero attached hydrogens (tertiary/aromatic N) is 2. The molecule has 6 nitrogen and oxygen atoms in total. The monoisotopic (exact) mass is 458 g/mol. The summed E-state index contributed by atoms with van der Waals surface area (Å²) in [6, 6.07) is 0. The van der Waals surface area contributed by atoms with Gasteiger partial charge < -0.3 is 36.1 Å². The fourth-order valence-electron chi connectivity index (χ4n) is 3.19. The van der Waals surface area contributed by atoms with E-state index in [1.807, 2.05) is 24.7 Å². The number of ether oxygens (including phenoxy) is 3. The van der Waals surface area contributed by atoms with Crippen LogP contribution >= 0.6 is 0 Å². The van der Waals surface area contributed by atoms with E-state index in [1.54, 1.807) is 14.1 Å². The average molecular weight is 459 g/mol. The van der Waals surface area contributed by atoms with Crippen LogP contribution in [0.4, 0.5) is 4.79 Å². The summed E-state index contributed by atoms with van der Waals surface area (Å²) in [5.74, 6) is 0.581. The van der Waals surface area contributed by atoms with Crippen molar-refractivity contribution in [3.8, 4) is 5.75 Å². The maximum absolute atomic E-state index is 12.1. The van der Waals surface area contributed by atoms with Gasteiger partial charge in [0.2, 0.25) is 11.4 Å². The molecule has 0 bridgehead atoms. The lowest BCUT2D eigenvalue weighted by atomic mass is 10.1. The number of carbonyl (C=O) groups is 1. The van der Waals surface area contributed by atoms with Crippen molar-refractivity contribution in [1.29, 1.82) is 0 Å². The zero-order valence-corrected chi connectivity index (χ0v) is 19.5. The molecule has 0 aliphatic carbocycles. The van der Waals surface area contributed by atoms with Crippen molar-refractivity contribution >= 4 is 6.09 Å². The van der Waals surface area contributed by atoms with E-state index in [0.29, 0.717) is 19.0 Å². The van der Waals surface area contributed by atoms with Crippen molar-refractivity contribution in [2.45, 2.75) is 78.3 Å². The molecule has 0 N–H and O–H groups in total. The van der Waals surface area contributed by atoms with Crippen molar-refractivity contribution in [3.63, 3.8) is 0 Å². The maximum atomic E-state index is 12.1. The van der Waals surface area contributed by atoms with Gasteiger partial charge in [0, 0.05) is 26.6 Å². The first-order chi connectivity index (χ1) is 12.9. The van der Waals surface area contributed by atoms with E-state index in [2.05, 4.69) is 6.92 Å². The molecule has 2 heterocycles. The number of aromatic nitrogens is 1. The summed E-state index contributed by atoms with van der Waals surface area (Å²) in [4.78, 5) is 13.5. The van der Waals surface area contributed by atoms with Crippen molar-refractivity contribution in [2.24, 2.45) is 7.05 Å². The molecule has 0 aromatic carbocycles. The molecule has 7 heteroatoms. The lowest BCUT2D eigenvalue weighted by molar-refractivity contribution is -0.678. The Morgan fingerprint density at radius 3 is 2.50 bits per heavy atom. The molecule has 0 spiro atoms. The number of pyridine rings is 1. The van der Waals surface area contributed by atoms with Crippen LogP contribution in [0.25, 0.3) is 0 Å². The van der Waals surface area contributed by atoms with E-state index in [-0.39, 0.29) is 29.4 Å². The third kappa shape index (κ3) is 7.01. The van der Waals surface area contributed by atoms with E-state index in [1.165, 1.54) is 37.0 Å². The zero-order valence-electron chi connectivity index (χ0n) is 17.9. The quantitative estimate of drug-likeness (QED) is 0.430. The molecule has 0 fully saturated rings. The molecule has 160 valence electrons. The predicted octanol–water partition coefficient (Wildman–Crippen LogP) is 1.01. The Bertz CT molecular complexity index is 637. The molecule has 0 saturated carbocycles. The van der Waals surface area contributed by atoms with Gasteiger partial charge in [-0.25, -0.2) is 9.36 Å². The van der Waals surface area contributed by atoms with Gasteiger partial charge in [0.25, 0.3) is 0 Å². The third-order valence-electron chi connectivity index (χ3n) is 5.06. The number of hydrogen-bond acceptors (Lipinski definition) is 4. The summed E-state index contributed by atoms with van der Waals surface area (Å²) in [6.45, 7) is 5.04. The van der Waals surface area contributed by atoms with Crippen LogP contribution < -0.4 is 26.3 Å². The SMILES string of the molecule is CCCCCCCCC1OCc2c[n+](C)c(C)c(OC(=O)N(C)C)c2CO1.[Br-]. The summed E-state index contributed by atoms with van der Waals surface area (Å²) in [7, 11) is 5.30. The highest BCUT2D eigenvalue weighted by atomic mass is 79.9. The minimum Gasteiger partial charge on any atom is -1.00 e. The first-order valence-corrected chi connectivity index (χ1v) is 10.1. The first kappa shape index (κ1) is 24.9. The molecule has 0 saturated heterocycles. The number of fused-ring (bicyclic) bond motifs is 1. The van der Waals surface area contributed by atoms with Gasteiger partial charge in [-0.2, -0.15) is 0 Å². The first-order valence-electron chi connectivity index (χ1n) is 10.1. The lowest BCUT2D eigenvalue weighted by Gasteiger charge is -2.16. The highest BCUT2D eigenvalue weighted by Crippen LogP contribution is 2.30. The Morgan fingerprint density at radius 1 is 1.18 bits per heavy atom. The van der Waals surface area contributed by atoms with Crippen LogP contribution in [0.1, 0.15) is 68.7 Å². The minimum atomic E-state index is -0.389. The van der Waals surface area contributed by atoms with Crippen LogP contribution in [0.3, 0.4) is 0 Å². The Hall–Kier alpha value is -1.18. The van der Waals surface area contributed by atoms with Crippen LogP contribution in [0.5, 0.6) is 5.75 Å². The van der Waals surface area contributed by atoms with Crippen LogP contribution in [-0.4, -0.2) is 31.4 Å². The lowest BCUT2D eigenvalue weighted by Crippen LogP contribution is -3.00. The number of amides is 1. The number of halogens is 1. The summed E-state index contributed by atoms with van der Waals surface area (Å²) in [5.41, 5.74) is 2.81. The van der Waals surface area contributed by atoms with Crippen molar-refractivity contribution in [3.05, 3.63) is 23.0 Å².